The molecule has 0 amide bonds. The Balaban J connectivity index is 1.26. The maximum atomic E-state index is 11.1. The third kappa shape index (κ3) is 3.37. The summed E-state index contributed by atoms with van der Waals surface area (Å²) in [5, 5.41) is 24.0. The van der Waals surface area contributed by atoms with Crippen LogP contribution in [-0.4, -0.2) is 41.9 Å². The molecular formula is C25H27BrN6O2. The number of hydrogen-bond acceptors (Lipinski definition) is 7. The van der Waals surface area contributed by atoms with Crippen LogP contribution in [0.5, 0.6) is 0 Å². The molecule has 0 aliphatic heterocycles. The van der Waals surface area contributed by atoms with Crippen LogP contribution in [0, 0.1) is 5.92 Å². The van der Waals surface area contributed by atoms with Gasteiger partial charge in [-0.15, -0.1) is 0 Å². The first kappa shape index (κ1) is 21.8. The molecule has 2 aliphatic rings. The average Bonchev–Trinajstić information content (AvgIpc) is 3.48. The second-order valence-electron chi connectivity index (χ2n) is 9.57. The maximum Gasteiger partial charge on any atom is 0.146 e. The highest BCUT2D eigenvalue weighted by atomic mass is 79.9. The van der Waals surface area contributed by atoms with Crippen LogP contribution in [0.3, 0.4) is 0 Å². The average molecular weight is 523 g/mol. The van der Waals surface area contributed by atoms with Crippen molar-refractivity contribution in [2.24, 2.45) is 5.92 Å². The number of aliphatic hydroxyl groups excluding tert-OH is 2. The fourth-order valence-corrected chi connectivity index (χ4v) is 6.30. The number of aryl methyl sites for hydroxylation is 2. The van der Waals surface area contributed by atoms with E-state index in [-0.39, 0.29) is 12.0 Å². The summed E-state index contributed by atoms with van der Waals surface area (Å²) < 4.78 is 2.93. The van der Waals surface area contributed by atoms with Crippen molar-refractivity contribution >= 4 is 49.5 Å². The molecule has 0 radical (unpaired) electrons. The van der Waals surface area contributed by atoms with E-state index in [1.54, 1.807) is 0 Å². The molecule has 176 valence electrons. The Morgan fingerprint density at radius 3 is 2.76 bits per heavy atom. The number of halogens is 1. The van der Waals surface area contributed by atoms with Gasteiger partial charge >= 0.3 is 0 Å². The minimum Gasteiger partial charge on any atom is -0.390 e. The topological polar surface area (TPSA) is 136 Å². The first-order valence-electron chi connectivity index (χ1n) is 11.7. The van der Waals surface area contributed by atoms with Crippen LogP contribution in [0.1, 0.15) is 42.1 Å². The Kier molecular flexibility index (Phi) is 5.24. The van der Waals surface area contributed by atoms with Gasteiger partial charge in [0, 0.05) is 11.1 Å². The minimum absolute atomic E-state index is 0.0210. The number of aromatic nitrogens is 4. The lowest BCUT2D eigenvalue weighted by molar-refractivity contribution is 0.00517. The Labute approximate surface area is 205 Å². The monoisotopic (exact) mass is 522 g/mol. The summed E-state index contributed by atoms with van der Waals surface area (Å²) in [7, 11) is 0. The van der Waals surface area contributed by atoms with Gasteiger partial charge in [0.2, 0.25) is 0 Å². The first-order valence-corrected chi connectivity index (χ1v) is 12.5. The van der Waals surface area contributed by atoms with Crippen molar-refractivity contribution in [3.8, 4) is 0 Å². The van der Waals surface area contributed by atoms with Crippen LogP contribution in [0.2, 0.25) is 0 Å². The zero-order chi connectivity index (χ0) is 23.6. The van der Waals surface area contributed by atoms with E-state index in [9.17, 15) is 10.2 Å². The summed E-state index contributed by atoms with van der Waals surface area (Å²) in [5.41, 5.74) is 17.3. The van der Waals surface area contributed by atoms with E-state index >= 15 is 0 Å². The summed E-state index contributed by atoms with van der Waals surface area (Å²) in [6, 6.07) is 7.94. The molecular weight excluding hydrogens is 496 g/mol. The molecule has 1 saturated carbocycles. The standard InChI is InChI=1S/C25H27BrN6O2/c26-16-9-13-6-4-12(8-17(13)31-23(16)27)5-7-14-10-19(22(34)21(14)33)32-18-3-1-2-15(18)20-24(28)29-11-30-25(20)32/h4,6,8-9,11,14,19,21-22,33-34H,1-3,5,7,10H2,(H2,27,31)(H2,28,29,30)/t14-,19+,21+,22-/m0/s1. The molecule has 34 heavy (non-hydrogen) atoms. The molecule has 6 N–H and O–H groups in total. The number of nitrogen functional groups attached to an aromatic ring is 2. The quantitative estimate of drug-likeness (QED) is 0.322. The molecule has 2 aliphatic carbocycles. The van der Waals surface area contributed by atoms with Gasteiger partial charge in [-0.1, -0.05) is 12.1 Å². The molecule has 4 atom stereocenters. The highest BCUT2D eigenvalue weighted by Gasteiger charge is 2.44. The third-order valence-corrected chi connectivity index (χ3v) is 8.27. The molecule has 1 fully saturated rings. The molecule has 9 heteroatoms. The molecule has 4 aromatic rings. The van der Waals surface area contributed by atoms with Crippen LogP contribution in [0.4, 0.5) is 11.6 Å². The van der Waals surface area contributed by atoms with Crippen molar-refractivity contribution in [3.63, 3.8) is 0 Å². The number of nitrogens with two attached hydrogens (primary N) is 2. The van der Waals surface area contributed by atoms with Gasteiger partial charge in [-0.2, -0.15) is 0 Å². The predicted octanol–water partition coefficient (Wildman–Crippen LogP) is 3.31. The number of rotatable bonds is 4. The predicted molar refractivity (Wildman–Crippen MR) is 135 cm³/mol. The lowest BCUT2D eigenvalue weighted by Gasteiger charge is -2.21. The summed E-state index contributed by atoms with van der Waals surface area (Å²) in [6.07, 6.45) is 5.02. The molecule has 3 aromatic heterocycles. The van der Waals surface area contributed by atoms with Gasteiger partial charge in [0.1, 0.15) is 29.7 Å². The number of aliphatic hydroxyl groups is 2. The smallest absolute Gasteiger partial charge is 0.146 e. The normalized spacial score (nSPS) is 24.3. The molecule has 1 aromatic carbocycles. The molecule has 0 spiro atoms. The molecule has 0 saturated heterocycles. The molecule has 0 unspecified atom stereocenters. The van der Waals surface area contributed by atoms with Crippen molar-refractivity contribution in [3.05, 3.63) is 51.9 Å². The SMILES string of the molecule is Nc1nc2cc(CC[C@H]3C[C@@H](n4c5c(c6c(N)ncnc64)CCC5)[C@H](O)[C@@H]3O)ccc2cc1Br. The zero-order valence-electron chi connectivity index (χ0n) is 18.7. The molecule has 8 nitrogen and oxygen atoms in total. The van der Waals surface area contributed by atoms with Crippen molar-refractivity contribution < 1.29 is 10.2 Å². The van der Waals surface area contributed by atoms with E-state index < -0.39 is 12.2 Å². The number of hydrogen-bond donors (Lipinski definition) is 4. The van der Waals surface area contributed by atoms with Gasteiger partial charge in [0.25, 0.3) is 0 Å². The number of nitrogens with zero attached hydrogens (tertiary/aromatic N) is 4. The Morgan fingerprint density at radius 2 is 1.91 bits per heavy atom. The van der Waals surface area contributed by atoms with Crippen LogP contribution >= 0.6 is 15.9 Å². The van der Waals surface area contributed by atoms with Crippen molar-refractivity contribution in [1.82, 2.24) is 19.5 Å². The lowest BCUT2D eigenvalue weighted by Crippen LogP contribution is -2.30. The molecule has 0 bridgehead atoms. The zero-order valence-corrected chi connectivity index (χ0v) is 20.2. The van der Waals surface area contributed by atoms with Gasteiger partial charge in [-0.05, 0) is 83.6 Å². The Morgan fingerprint density at radius 1 is 1.06 bits per heavy atom. The molecule has 6 rings (SSSR count). The van der Waals surface area contributed by atoms with Gasteiger partial charge in [0.15, 0.2) is 0 Å². The van der Waals surface area contributed by atoms with E-state index in [4.69, 9.17) is 11.5 Å². The van der Waals surface area contributed by atoms with Crippen LogP contribution in [-0.2, 0) is 19.3 Å². The summed E-state index contributed by atoms with van der Waals surface area (Å²) in [5.74, 6) is 0.939. The van der Waals surface area contributed by atoms with E-state index in [1.807, 2.05) is 12.1 Å². The van der Waals surface area contributed by atoms with E-state index in [0.29, 0.717) is 18.1 Å². The number of fused-ring (bicyclic) bond motifs is 4. The number of anilines is 2. The van der Waals surface area contributed by atoms with E-state index in [1.165, 1.54) is 17.6 Å². The Hall–Kier alpha value is -2.75. The van der Waals surface area contributed by atoms with Gasteiger partial charge in [0.05, 0.1) is 27.5 Å². The van der Waals surface area contributed by atoms with E-state index in [0.717, 1.165) is 64.1 Å². The fraction of sp³-hybridized carbons (Fsp3) is 0.400. The maximum absolute atomic E-state index is 11.1. The van der Waals surface area contributed by atoms with Gasteiger partial charge < -0.3 is 26.2 Å². The summed E-state index contributed by atoms with van der Waals surface area (Å²) in [4.78, 5) is 13.2. The summed E-state index contributed by atoms with van der Waals surface area (Å²) in [6.45, 7) is 0. The fourth-order valence-electron chi connectivity index (χ4n) is 5.96. The largest absolute Gasteiger partial charge is 0.390 e. The van der Waals surface area contributed by atoms with Crippen LogP contribution < -0.4 is 11.5 Å². The van der Waals surface area contributed by atoms with Crippen molar-refractivity contribution in [1.29, 1.82) is 0 Å². The number of pyridine rings is 1. The van der Waals surface area contributed by atoms with E-state index in [2.05, 4.69) is 47.6 Å². The third-order valence-electron chi connectivity index (χ3n) is 7.64. The second-order valence-corrected chi connectivity index (χ2v) is 10.4. The van der Waals surface area contributed by atoms with Crippen LogP contribution in [0.15, 0.2) is 35.1 Å². The Bertz CT molecular complexity index is 1420. The van der Waals surface area contributed by atoms with Gasteiger partial charge in [-0.25, -0.2) is 15.0 Å². The van der Waals surface area contributed by atoms with Gasteiger partial charge in [-0.3, -0.25) is 0 Å². The minimum atomic E-state index is -0.850. The van der Waals surface area contributed by atoms with Crippen molar-refractivity contribution in [2.45, 2.75) is 56.8 Å². The number of benzene rings is 1. The summed E-state index contributed by atoms with van der Waals surface area (Å²) >= 11 is 3.43. The van der Waals surface area contributed by atoms with Crippen LogP contribution in [0.25, 0.3) is 21.9 Å². The lowest BCUT2D eigenvalue weighted by atomic mass is 9.95. The second kappa shape index (κ2) is 8.18. The molecule has 3 heterocycles. The first-order chi connectivity index (χ1) is 16.4. The highest BCUT2D eigenvalue weighted by Crippen LogP contribution is 2.44. The highest BCUT2D eigenvalue weighted by molar-refractivity contribution is 9.10. The van der Waals surface area contributed by atoms with Crippen molar-refractivity contribution in [2.75, 3.05) is 11.5 Å².